The molecule has 1 heterocycles. The molecule has 0 spiro atoms. The Kier molecular flexibility index (Phi) is 3.99. The van der Waals surface area contributed by atoms with Crippen LogP contribution in [0.1, 0.15) is 6.92 Å². The van der Waals surface area contributed by atoms with E-state index in [1.54, 1.807) is 19.4 Å². The molecule has 1 N–H and O–H groups in total. The van der Waals surface area contributed by atoms with Crippen LogP contribution in [0.2, 0.25) is 5.15 Å². The van der Waals surface area contributed by atoms with E-state index in [0.717, 1.165) is 5.69 Å². The van der Waals surface area contributed by atoms with Gasteiger partial charge in [0.1, 0.15) is 5.15 Å². The van der Waals surface area contributed by atoms with Crippen molar-refractivity contribution in [1.29, 1.82) is 0 Å². The summed E-state index contributed by atoms with van der Waals surface area (Å²) in [5, 5.41) is 3.73. The average molecular weight is 201 g/mol. The number of ether oxygens (including phenoxy) is 1. The third kappa shape index (κ3) is 3.61. The normalized spacial score (nSPS) is 12.5. The number of nitrogens with zero attached hydrogens (tertiary/aromatic N) is 1. The maximum Gasteiger partial charge on any atom is 0.131 e. The molecule has 1 aromatic rings. The van der Waals surface area contributed by atoms with Crippen LogP contribution >= 0.6 is 11.6 Å². The van der Waals surface area contributed by atoms with Gasteiger partial charge in [-0.25, -0.2) is 4.98 Å². The molecule has 0 bridgehead atoms. The molecule has 0 aliphatic carbocycles. The van der Waals surface area contributed by atoms with Gasteiger partial charge in [-0.05, 0) is 19.1 Å². The van der Waals surface area contributed by atoms with Crippen LogP contribution in [0.5, 0.6) is 0 Å². The van der Waals surface area contributed by atoms with E-state index < -0.39 is 0 Å². The van der Waals surface area contributed by atoms with E-state index in [1.807, 2.05) is 13.0 Å². The Hall–Kier alpha value is -0.800. The summed E-state index contributed by atoms with van der Waals surface area (Å²) < 4.78 is 4.99. The predicted octanol–water partition coefficient (Wildman–Crippen LogP) is 2.18. The Balaban J connectivity index is 2.53. The van der Waals surface area contributed by atoms with Gasteiger partial charge in [0.05, 0.1) is 6.61 Å². The van der Waals surface area contributed by atoms with E-state index >= 15 is 0 Å². The van der Waals surface area contributed by atoms with Gasteiger partial charge in [0.2, 0.25) is 0 Å². The van der Waals surface area contributed by atoms with Gasteiger partial charge < -0.3 is 10.1 Å². The van der Waals surface area contributed by atoms with Crippen LogP contribution in [0, 0.1) is 0 Å². The first-order valence-corrected chi connectivity index (χ1v) is 4.47. The minimum Gasteiger partial charge on any atom is -0.383 e. The number of anilines is 1. The zero-order valence-electron chi connectivity index (χ0n) is 7.75. The Labute approximate surface area is 83.1 Å². The quantitative estimate of drug-likeness (QED) is 0.757. The van der Waals surface area contributed by atoms with Gasteiger partial charge in [0, 0.05) is 25.0 Å². The SMILES string of the molecule is COCC(C)Nc1ccnc(Cl)c1. The van der Waals surface area contributed by atoms with Crippen molar-refractivity contribution in [3.05, 3.63) is 23.5 Å². The summed E-state index contributed by atoms with van der Waals surface area (Å²) in [6.07, 6.45) is 1.67. The highest BCUT2D eigenvalue weighted by Gasteiger charge is 2.00. The number of nitrogens with one attached hydrogen (secondary N) is 1. The molecular weight excluding hydrogens is 188 g/mol. The van der Waals surface area contributed by atoms with Gasteiger partial charge in [-0.15, -0.1) is 0 Å². The Morgan fingerprint density at radius 2 is 2.46 bits per heavy atom. The van der Waals surface area contributed by atoms with Gasteiger partial charge in [-0.1, -0.05) is 11.6 Å². The highest BCUT2D eigenvalue weighted by Crippen LogP contribution is 2.12. The molecule has 1 aromatic heterocycles. The number of aromatic nitrogens is 1. The molecule has 0 fully saturated rings. The summed E-state index contributed by atoms with van der Waals surface area (Å²) in [4.78, 5) is 3.89. The van der Waals surface area contributed by atoms with Crippen molar-refractivity contribution in [2.45, 2.75) is 13.0 Å². The van der Waals surface area contributed by atoms with Crippen LogP contribution in [-0.4, -0.2) is 24.7 Å². The monoisotopic (exact) mass is 200 g/mol. The zero-order chi connectivity index (χ0) is 9.68. The average Bonchev–Trinajstić information content (AvgIpc) is 2.04. The molecule has 0 saturated carbocycles. The number of hydrogen-bond donors (Lipinski definition) is 1. The molecule has 1 atom stereocenters. The summed E-state index contributed by atoms with van der Waals surface area (Å²) in [5.74, 6) is 0. The van der Waals surface area contributed by atoms with Crippen LogP contribution in [0.15, 0.2) is 18.3 Å². The molecule has 13 heavy (non-hydrogen) atoms. The fourth-order valence-corrected chi connectivity index (χ4v) is 1.24. The number of halogens is 1. The predicted molar refractivity (Wildman–Crippen MR) is 54.2 cm³/mol. The van der Waals surface area contributed by atoms with Gasteiger partial charge in [0.15, 0.2) is 0 Å². The number of methoxy groups -OCH3 is 1. The van der Waals surface area contributed by atoms with Crippen LogP contribution in [0.4, 0.5) is 5.69 Å². The smallest absolute Gasteiger partial charge is 0.131 e. The maximum atomic E-state index is 5.72. The van der Waals surface area contributed by atoms with E-state index in [9.17, 15) is 0 Å². The van der Waals surface area contributed by atoms with Crippen molar-refractivity contribution in [3.63, 3.8) is 0 Å². The molecular formula is C9H13ClN2O. The minimum atomic E-state index is 0.267. The Morgan fingerprint density at radius 3 is 3.08 bits per heavy atom. The van der Waals surface area contributed by atoms with Crippen molar-refractivity contribution in [2.24, 2.45) is 0 Å². The minimum absolute atomic E-state index is 0.267. The van der Waals surface area contributed by atoms with Crippen LogP contribution in [0.25, 0.3) is 0 Å². The lowest BCUT2D eigenvalue weighted by molar-refractivity contribution is 0.190. The van der Waals surface area contributed by atoms with Gasteiger partial charge in [0.25, 0.3) is 0 Å². The summed E-state index contributed by atoms with van der Waals surface area (Å²) in [7, 11) is 1.68. The highest BCUT2D eigenvalue weighted by molar-refractivity contribution is 6.29. The van der Waals surface area contributed by atoms with Crippen LogP contribution in [-0.2, 0) is 4.74 Å². The lowest BCUT2D eigenvalue weighted by atomic mass is 10.3. The molecule has 72 valence electrons. The first kappa shape index (κ1) is 10.3. The molecule has 3 nitrogen and oxygen atoms in total. The zero-order valence-corrected chi connectivity index (χ0v) is 8.51. The van der Waals surface area contributed by atoms with E-state index in [4.69, 9.17) is 16.3 Å². The van der Waals surface area contributed by atoms with Crippen molar-refractivity contribution in [2.75, 3.05) is 19.0 Å². The highest BCUT2D eigenvalue weighted by atomic mass is 35.5. The van der Waals surface area contributed by atoms with Crippen molar-refractivity contribution in [1.82, 2.24) is 4.98 Å². The van der Waals surface area contributed by atoms with Crippen LogP contribution in [0.3, 0.4) is 0 Å². The third-order valence-electron chi connectivity index (χ3n) is 1.56. The van der Waals surface area contributed by atoms with E-state index in [0.29, 0.717) is 11.8 Å². The third-order valence-corrected chi connectivity index (χ3v) is 1.76. The second kappa shape index (κ2) is 5.04. The second-order valence-electron chi connectivity index (χ2n) is 2.87. The summed E-state index contributed by atoms with van der Waals surface area (Å²) in [5.41, 5.74) is 0.963. The number of hydrogen-bond acceptors (Lipinski definition) is 3. The van der Waals surface area contributed by atoms with Gasteiger partial charge >= 0.3 is 0 Å². The molecule has 1 unspecified atom stereocenters. The van der Waals surface area contributed by atoms with E-state index in [-0.39, 0.29) is 6.04 Å². The van der Waals surface area contributed by atoms with Gasteiger partial charge in [-0.2, -0.15) is 0 Å². The number of pyridine rings is 1. The fourth-order valence-electron chi connectivity index (χ4n) is 1.07. The lowest BCUT2D eigenvalue weighted by Gasteiger charge is -2.13. The number of rotatable bonds is 4. The van der Waals surface area contributed by atoms with Crippen molar-refractivity contribution >= 4 is 17.3 Å². The summed E-state index contributed by atoms with van der Waals surface area (Å²) in [6.45, 7) is 2.71. The standard InChI is InChI=1S/C9H13ClN2O/c1-7(6-13-2)12-8-3-4-11-9(10)5-8/h3-5,7H,6H2,1-2H3,(H,11,12). The molecule has 0 saturated heterocycles. The fraction of sp³-hybridized carbons (Fsp3) is 0.444. The molecule has 0 aromatic carbocycles. The molecule has 1 rings (SSSR count). The van der Waals surface area contributed by atoms with Crippen molar-refractivity contribution in [3.8, 4) is 0 Å². The molecule has 0 radical (unpaired) electrons. The Bertz CT molecular complexity index is 268. The second-order valence-corrected chi connectivity index (χ2v) is 3.26. The molecule has 0 aliphatic rings. The summed E-state index contributed by atoms with van der Waals surface area (Å²) in [6, 6.07) is 3.93. The molecule has 0 aliphatic heterocycles. The van der Waals surface area contributed by atoms with Crippen LogP contribution < -0.4 is 5.32 Å². The van der Waals surface area contributed by atoms with E-state index in [1.165, 1.54) is 0 Å². The Morgan fingerprint density at radius 1 is 1.69 bits per heavy atom. The first-order valence-electron chi connectivity index (χ1n) is 4.09. The topological polar surface area (TPSA) is 34.1 Å². The first-order chi connectivity index (χ1) is 6.22. The molecule has 0 amide bonds. The largest absolute Gasteiger partial charge is 0.383 e. The van der Waals surface area contributed by atoms with Gasteiger partial charge in [-0.3, -0.25) is 0 Å². The maximum absolute atomic E-state index is 5.72. The molecule has 4 heteroatoms. The van der Waals surface area contributed by atoms with Crippen molar-refractivity contribution < 1.29 is 4.74 Å². The summed E-state index contributed by atoms with van der Waals surface area (Å²) >= 11 is 5.72. The lowest BCUT2D eigenvalue weighted by Crippen LogP contribution is -2.20. The van der Waals surface area contributed by atoms with E-state index in [2.05, 4.69) is 10.3 Å².